The van der Waals surface area contributed by atoms with Gasteiger partial charge in [0.05, 0.1) is 6.61 Å². The molecule has 1 saturated heterocycles. The highest BCUT2D eigenvalue weighted by atomic mass is 35.5. The molecule has 0 bridgehead atoms. The van der Waals surface area contributed by atoms with Gasteiger partial charge in [-0.15, -0.1) is 24.8 Å². The van der Waals surface area contributed by atoms with Crippen molar-refractivity contribution in [2.45, 2.75) is 6.10 Å². The van der Waals surface area contributed by atoms with Crippen LogP contribution in [-0.4, -0.2) is 36.7 Å². The van der Waals surface area contributed by atoms with Crippen molar-refractivity contribution in [2.75, 3.05) is 25.0 Å². The molecule has 1 aromatic carbocycles. The van der Waals surface area contributed by atoms with Gasteiger partial charge < -0.3 is 20.1 Å². The Kier molecular flexibility index (Phi) is 8.49. The Bertz CT molecular complexity index is 620. The Morgan fingerprint density at radius 2 is 1.79 bits per heavy atom. The Hall–Kier alpha value is -1.86. The van der Waals surface area contributed by atoms with Gasteiger partial charge in [0.1, 0.15) is 17.6 Å². The zero-order valence-electron chi connectivity index (χ0n) is 12.8. The molecule has 1 unspecified atom stereocenters. The van der Waals surface area contributed by atoms with Crippen molar-refractivity contribution in [3.8, 4) is 11.5 Å². The summed E-state index contributed by atoms with van der Waals surface area (Å²) in [6.07, 6.45) is 2.89. The van der Waals surface area contributed by atoms with E-state index >= 15 is 0 Å². The van der Waals surface area contributed by atoms with Gasteiger partial charge >= 0.3 is 0 Å². The number of hydrogen-bond acceptors (Lipinski definition) is 5. The molecule has 24 heavy (non-hydrogen) atoms. The molecule has 0 aliphatic carbocycles. The lowest BCUT2D eigenvalue weighted by molar-refractivity contribution is -0.128. The van der Waals surface area contributed by atoms with Crippen LogP contribution in [-0.2, 0) is 9.53 Å². The van der Waals surface area contributed by atoms with Crippen LogP contribution in [0.3, 0.4) is 0 Å². The number of amides is 1. The van der Waals surface area contributed by atoms with Crippen molar-refractivity contribution in [3.63, 3.8) is 0 Å². The molecule has 8 heteroatoms. The average molecular weight is 372 g/mol. The van der Waals surface area contributed by atoms with E-state index in [9.17, 15) is 4.79 Å². The van der Waals surface area contributed by atoms with Crippen LogP contribution < -0.4 is 15.4 Å². The SMILES string of the molecule is Cl.Cl.O=C(Nc1ccc(Oc2ccncc2)cc1)C1CNCCO1. The molecule has 1 aliphatic heterocycles. The number of aromatic nitrogens is 1. The number of rotatable bonds is 4. The zero-order chi connectivity index (χ0) is 15.2. The number of morpholine rings is 1. The lowest BCUT2D eigenvalue weighted by Crippen LogP contribution is -2.45. The lowest BCUT2D eigenvalue weighted by atomic mass is 10.2. The molecule has 0 spiro atoms. The zero-order valence-corrected chi connectivity index (χ0v) is 14.4. The fourth-order valence-electron chi connectivity index (χ4n) is 2.11. The van der Waals surface area contributed by atoms with Crippen molar-refractivity contribution < 1.29 is 14.3 Å². The van der Waals surface area contributed by atoms with Crippen molar-refractivity contribution >= 4 is 36.4 Å². The molecule has 2 aromatic rings. The molecule has 1 amide bonds. The first-order valence-corrected chi connectivity index (χ1v) is 7.12. The molecule has 6 nitrogen and oxygen atoms in total. The second-order valence-electron chi connectivity index (χ2n) is 4.86. The molecule has 0 saturated carbocycles. The Morgan fingerprint density at radius 1 is 1.12 bits per heavy atom. The third-order valence-corrected chi connectivity index (χ3v) is 3.23. The topological polar surface area (TPSA) is 72.5 Å². The summed E-state index contributed by atoms with van der Waals surface area (Å²) in [5.74, 6) is 1.27. The fourth-order valence-corrected chi connectivity index (χ4v) is 2.11. The second kappa shape index (κ2) is 10.1. The summed E-state index contributed by atoms with van der Waals surface area (Å²) >= 11 is 0. The van der Waals surface area contributed by atoms with Gasteiger partial charge in [-0.2, -0.15) is 0 Å². The maximum absolute atomic E-state index is 12.0. The van der Waals surface area contributed by atoms with Crippen LogP contribution in [0.1, 0.15) is 0 Å². The highest BCUT2D eigenvalue weighted by Gasteiger charge is 2.21. The van der Waals surface area contributed by atoms with Crippen LogP contribution in [0.2, 0.25) is 0 Å². The van der Waals surface area contributed by atoms with Crippen LogP contribution >= 0.6 is 24.8 Å². The third-order valence-electron chi connectivity index (χ3n) is 3.23. The number of pyridine rings is 1. The minimum Gasteiger partial charge on any atom is -0.457 e. The van der Waals surface area contributed by atoms with E-state index in [1.807, 2.05) is 0 Å². The number of anilines is 1. The van der Waals surface area contributed by atoms with Gasteiger partial charge in [0.15, 0.2) is 0 Å². The summed E-state index contributed by atoms with van der Waals surface area (Å²) in [5.41, 5.74) is 0.709. The smallest absolute Gasteiger partial charge is 0.254 e. The normalized spacial score (nSPS) is 16.2. The number of halogens is 2. The first-order chi connectivity index (χ1) is 10.8. The maximum atomic E-state index is 12.0. The molecule has 1 aromatic heterocycles. The lowest BCUT2D eigenvalue weighted by Gasteiger charge is -2.22. The van der Waals surface area contributed by atoms with Crippen molar-refractivity contribution in [3.05, 3.63) is 48.8 Å². The van der Waals surface area contributed by atoms with E-state index < -0.39 is 6.10 Å². The number of carbonyl (C=O) groups is 1. The average Bonchev–Trinajstić information content (AvgIpc) is 2.58. The van der Waals surface area contributed by atoms with Crippen LogP contribution in [0.15, 0.2) is 48.8 Å². The van der Waals surface area contributed by atoms with Gasteiger partial charge in [0, 0.05) is 31.2 Å². The van der Waals surface area contributed by atoms with E-state index in [2.05, 4.69) is 15.6 Å². The van der Waals surface area contributed by atoms with Gasteiger partial charge in [-0.25, -0.2) is 0 Å². The number of carbonyl (C=O) groups excluding carboxylic acids is 1. The number of benzene rings is 1. The quantitative estimate of drug-likeness (QED) is 0.864. The third kappa shape index (κ3) is 5.65. The van der Waals surface area contributed by atoms with E-state index in [1.54, 1.807) is 48.8 Å². The van der Waals surface area contributed by atoms with E-state index in [1.165, 1.54) is 0 Å². The molecular weight excluding hydrogens is 353 g/mol. The largest absolute Gasteiger partial charge is 0.457 e. The van der Waals surface area contributed by atoms with Crippen LogP contribution in [0.4, 0.5) is 5.69 Å². The molecular formula is C16H19Cl2N3O3. The predicted molar refractivity (Wildman–Crippen MR) is 96.5 cm³/mol. The van der Waals surface area contributed by atoms with Crippen LogP contribution in [0, 0.1) is 0 Å². The van der Waals surface area contributed by atoms with Gasteiger partial charge in [0.2, 0.25) is 0 Å². The number of nitrogens with one attached hydrogen (secondary N) is 2. The van der Waals surface area contributed by atoms with E-state index in [0.717, 1.165) is 6.54 Å². The maximum Gasteiger partial charge on any atom is 0.254 e. The van der Waals surface area contributed by atoms with Gasteiger partial charge in [-0.1, -0.05) is 0 Å². The molecule has 3 rings (SSSR count). The van der Waals surface area contributed by atoms with Crippen LogP contribution in [0.5, 0.6) is 11.5 Å². The van der Waals surface area contributed by atoms with Gasteiger partial charge in [0.25, 0.3) is 5.91 Å². The van der Waals surface area contributed by atoms with Crippen molar-refractivity contribution in [2.24, 2.45) is 0 Å². The van der Waals surface area contributed by atoms with E-state index in [4.69, 9.17) is 9.47 Å². The summed E-state index contributed by atoms with van der Waals surface area (Å²) in [5, 5.41) is 5.96. The highest BCUT2D eigenvalue weighted by molar-refractivity contribution is 5.94. The van der Waals surface area contributed by atoms with Gasteiger partial charge in [-0.3, -0.25) is 9.78 Å². The van der Waals surface area contributed by atoms with E-state index in [-0.39, 0.29) is 30.7 Å². The predicted octanol–water partition coefficient (Wildman–Crippen LogP) is 2.64. The second-order valence-corrected chi connectivity index (χ2v) is 4.86. The highest BCUT2D eigenvalue weighted by Crippen LogP contribution is 2.22. The first kappa shape index (κ1) is 20.2. The molecule has 1 atom stereocenters. The first-order valence-electron chi connectivity index (χ1n) is 7.12. The standard InChI is InChI=1S/C16H17N3O3.2ClH/c20-16(15-11-18-9-10-21-15)19-12-1-3-13(4-2-12)22-14-5-7-17-8-6-14;;/h1-8,15,18H,9-11H2,(H,19,20);2*1H. The molecule has 1 fully saturated rings. The van der Waals surface area contributed by atoms with Crippen LogP contribution in [0.25, 0.3) is 0 Å². The Labute approximate surface area is 152 Å². The minimum atomic E-state index is -0.443. The Morgan fingerprint density at radius 3 is 2.42 bits per heavy atom. The fraction of sp³-hybridized carbons (Fsp3) is 0.250. The summed E-state index contributed by atoms with van der Waals surface area (Å²) in [6, 6.07) is 10.8. The molecule has 130 valence electrons. The summed E-state index contributed by atoms with van der Waals surface area (Å²) in [6.45, 7) is 1.87. The number of nitrogens with zero attached hydrogens (tertiary/aromatic N) is 1. The molecule has 0 radical (unpaired) electrons. The monoisotopic (exact) mass is 371 g/mol. The number of hydrogen-bond donors (Lipinski definition) is 2. The van der Waals surface area contributed by atoms with Crippen molar-refractivity contribution in [1.82, 2.24) is 10.3 Å². The summed E-state index contributed by atoms with van der Waals surface area (Å²) in [7, 11) is 0. The van der Waals surface area contributed by atoms with E-state index in [0.29, 0.717) is 30.3 Å². The molecule has 2 heterocycles. The summed E-state index contributed by atoms with van der Waals surface area (Å²) in [4.78, 5) is 16.0. The minimum absolute atomic E-state index is 0. The van der Waals surface area contributed by atoms with Gasteiger partial charge in [-0.05, 0) is 36.4 Å². The molecule has 2 N–H and O–H groups in total. The molecule has 1 aliphatic rings. The summed E-state index contributed by atoms with van der Waals surface area (Å²) < 4.78 is 11.1. The Balaban J connectivity index is 0.00000144. The van der Waals surface area contributed by atoms with Crippen molar-refractivity contribution in [1.29, 1.82) is 0 Å². The number of ether oxygens (including phenoxy) is 2.